The van der Waals surface area contributed by atoms with E-state index in [0.29, 0.717) is 30.1 Å². The highest BCUT2D eigenvalue weighted by Crippen LogP contribution is 2.47. The summed E-state index contributed by atoms with van der Waals surface area (Å²) in [6.07, 6.45) is 1.09. The topological polar surface area (TPSA) is 68.8 Å². The van der Waals surface area contributed by atoms with Crippen molar-refractivity contribution in [2.45, 2.75) is 31.7 Å². The Balaban J connectivity index is 1.59. The third kappa shape index (κ3) is 4.20. The van der Waals surface area contributed by atoms with Crippen LogP contribution in [0, 0.1) is 6.92 Å². The van der Waals surface area contributed by atoms with Gasteiger partial charge in [0.25, 0.3) is 0 Å². The number of para-hydroxylation sites is 2. The minimum atomic E-state index is -0.227. The largest absolute Gasteiger partial charge is 0.493 e. The van der Waals surface area contributed by atoms with Crippen LogP contribution >= 0.6 is 0 Å². The van der Waals surface area contributed by atoms with Crippen LogP contribution in [0.1, 0.15) is 41.5 Å². The number of carbonyl (C=O) groups excluding carboxylic acids is 1. The Labute approximate surface area is 205 Å². The van der Waals surface area contributed by atoms with E-state index in [4.69, 9.17) is 14.2 Å². The van der Waals surface area contributed by atoms with E-state index in [9.17, 15) is 4.79 Å². The molecule has 3 aromatic carbocycles. The number of nitrogens with one attached hydrogen (secondary N) is 2. The number of anilines is 2. The van der Waals surface area contributed by atoms with Gasteiger partial charge in [-0.15, -0.1) is 0 Å². The second kappa shape index (κ2) is 9.37. The molecule has 1 aliphatic heterocycles. The molecular weight excluding hydrogens is 440 g/mol. The number of allylic oxidation sites excluding steroid dienone is 1. The van der Waals surface area contributed by atoms with Crippen LogP contribution in [0.2, 0.25) is 0 Å². The Morgan fingerprint density at radius 2 is 1.46 bits per heavy atom. The Bertz CT molecular complexity index is 1270. The van der Waals surface area contributed by atoms with E-state index in [1.54, 1.807) is 21.3 Å². The lowest BCUT2D eigenvalue weighted by molar-refractivity contribution is -0.116. The summed E-state index contributed by atoms with van der Waals surface area (Å²) in [5.41, 5.74) is 6.93. The summed E-state index contributed by atoms with van der Waals surface area (Å²) >= 11 is 0. The number of ether oxygens (including phenoxy) is 3. The molecule has 2 aliphatic rings. The van der Waals surface area contributed by atoms with Crippen LogP contribution in [-0.2, 0) is 4.79 Å². The molecule has 2 N–H and O–H groups in total. The molecule has 0 unspecified atom stereocenters. The minimum absolute atomic E-state index is 0.0219. The second-order valence-electron chi connectivity index (χ2n) is 9.04. The third-order valence-electron chi connectivity index (χ3n) is 6.88. The number of methoxy groups -OCH3 is 3. The molecule has 0 fully saturated rings. The molecule has 6 heteroatoms. The number of fused-ring (bicyclic) bond motifs is 1. The number of ketones is 1. The van der Waals surface area contributed by atoms with Crippen molar-refractivity contribution in [3.8, 4) is 17.2 Å². The summed E-state index contributed by atoms with van der Waals surface area (Å²) < 4.78 is 16.6. The summed E-state index contributed by atoms with van der Waals surface area (Å²) in [5.74, 6) is 1.83. The van der Waals surface area contributed by atoms with Gasteiger partial charge in [0.1, 0.15) is 0 Å². The summed E-state index contributed by atoms with van der Waals surface area (Å²) in [6, 6.07) is 20.1. The summed E-state index contributed by atoms with van der Waals surface area (Å²) in [4.78, 5) is 13.8. The first-order valence-corrected chi connectivity index (χ1v) is 11.8. The number of carbonyl (C=O) groups is 1. The molecule has 1 heterocycles. The Morgan fingerprint density at radius 3 is 2.09 bits per heavy atom. The maximum absolute atomic E-state index is 13.8. The van der Waals surface area contributed by atoms with Gasteiger partial charge in [-0.1, -0.05) is 42.0 Å². The normalized spacial score (nSPS) is 19.0. The van der Waals surface area contributed by atoms with Crippen LogP contribution in [0.15, 0.2) is 71.9 Å². The van der Waals surface area contributed by atoms with Gasteiger partial charge < -0.3 is 24.8 Å². The Morgan fingerprint density at radius 1 is 0.800 bits per heavy atom. The van der Waals surface area contributed by atoms with E-state index < -0.39 is 0 Å². The molecule has 0 aromatic heterocycles. The molecule has 3 aromatic rings. The standard InChI is InChI=1S/C29H30N2O4/c1-17-9-11-18(12-10-17)28-27-23(30-21-7-5-6-8-22(21)31-28)13-19(14-24(27)32)20-15-25(33-2)29(35-4)26(16-20)34-3/h5-12,15-16,19,28,30-31H,13-14H2,1-4H3/t19-,28+/m0/s1. The van der Waals surface area contributed by atoms with Crippen molar-refractivity contribution in [2.24, 2.45) is 0 Å². The molecule has 0 saturated heterocycles. The number of aryl methyl sites for hydroxylation is 1. The predicted octanol–water partition coefficient (Wildman–Crippen LogP) is 6.00. The lowest BCUT2D eigenvalue weighted by Gasteiger charge is -2.30. The zero-order chi connectivity index (χ0) is 24.5. The predicted molar refractivity (Wildman–Crippen MR) is 138 cm³/mol. The van der Waals surface area contributed by atoms with Gasteiger partial charge in [0.2, 0.25) is 5.75 Å². The van der Waals surface area contributed by atoms with Crippen molar-refractivity contribution < 1.29 is 19.0 Å². The van der Waals surface area contributed by atoms with Gasteiger partial charge in [0.15, 0.2) is 17.3 Å². The first kappa shape index (κ1) is 22.8. The van der Waals surface area contributed by atoms with Crippen molar-refractivity contribution in [3.05, 3.63) is 88.6 Å². The van der Waals surface area contributed by atoms with Gasteiger partial charge in [0.05, 0.1) is 38.7 Å². The van der Waals surface area contributed by atoms with Crippen LogP contribution in [-0.4, -0.2) is 27.1 Å². The van der Waals surface area contributed by atoms with Gasteiger partial charge >= 0.3 is 0 Å². The first-order valence-electron chi connectivity index (χ1n) is 11.8. The third-order valence-corrected chi connectivity index (χ3v) is 6.88. The van der Waals surface area contributed by atoms with Crippen molar-refractivity contribution >= 4 is 17.2 Å². The van der Waals surface area contributed by atoms with E-state index >= 15 is 0 Å². The van der Waals surface area contributed by atoms with E-state index in [-0.39, 0.29) is 17.7 Å². The van der Waals surface area contributed by atoms with Crippen LogP contribution < -0.4 is 24.8 Å². The van der Waals surface area contributed by atoms with Crippen LogP contribution in [0.4, 0.5) is 11.4 Å². The molecule has 2 atom stereocenters. The van der Waals surface area contributed by atoms with Crippen LogP contribution in [0.3, 0.4) is 0 Å². The molecule has 0 radical (unpaired) electrons. The number of hydrogen-bond donors (Lipinski definition) is 2. The molecule has 0 bridgehead atoms. The van der Waals surface area contributed by atoms with E-state index in [1.807, 2.05) is 36.4 Å². The first-order chi connectivity index (χ1) is 17.0. The maximum Gasteiger partial charge on any atom is 0.203 e. The SMILES string of the molecule is COc1cc([C@@H]2CC(=O)C3=C(C2)Nc2ccccc2N[C@@H]3c2ccc(C)cc2)cc(OC)c1OC. The zero-order valence-corrected chi connectivity index (χ0v) is 20.5. The maximum atomic E-state index is 13.8. The van der Waals surface area contributed by atoms with Crippen LogP contribution in [0.25, 0.3) is 0 Å². The highest BCUT2D eigenvalue weighted by atomic mass is 16.5. The van der Waals surface area contributed by atoms with E-state index in [1.165, 1.54) is 5.56 Å². The van der Waals surface area contributed by atoms with E-state index in [0.717, 1.165) is 33.8 Å². The summed E-state index contributed by atoms with van der Waals surface area (Å²) in [5, 5.41) is 7.22. The molecular formula is C29H30N2O4. The van der Waals surface area contributed by atoms with Gasteiger partial charge in [0, 0.05) is 17.7 Å². The number of rotatable bonds is 5. The van der Waals surface area contributed by atoms with Crippen molar-refractivity contribution in [1.29, 1.82) is 0 Å². The molecule has 35 heavy (non-hydrogen) atoms. The van der Waals surface area contributed by atoms with Crippen molar-refractivity contribution in [2.75, 3.05) is 32.0 Å². The Hall–Kier alpha value is -3.93. The lowest BCUT2D eigenvalue weighted by atomic mass is 9.78. The van der Waals surface area contributed by atoms with Gasteiger partial charge in [-0.2, -0.15) is 0 Å². The molecule has 6 nitrogen and oxygen atoms in total. The fourth-order valence-electron chi connectivity index (χ4n) is 5.07. The van der Waals surface area contributed by atoms with Gasteiger partial charge in [-0.05, 0) is 54.7 Å². The van der Waals surface area contributed by atoms with Crippen molar-refractivity contribution in [3.63, 3.8) is 0 Å². The fraction of sp³-hybridized carbons (Fsp3) is 0.276. The average Bonchev–Trinajstić information content (AvgIpc) is 3.05. The smallest absolute Gasteiger partial charge is 0.203 e. The average molecular weight is 471 g/mol. The molecule has 0 amide bonds. The molecule has 5 rings (SSSR count). The summed E-state index contributed by atoms with van der Waals surface area (Å²) in [7, 11) is 4.80. The minimum Gasteiger partial charge on any atom is -0.493 e. The molecule has 1 aliphatic carbocycles. The fourth-order valence-corrected chi connectivity index (χ4v) is 5.07. The lowest BCUT2D eigenvalue weighted by Crippen LogP contribution is -2.27. The Kier molecular flexibility index (Phi) is 6.12. The van der Waals surface area contributed by atoms with Crippen molar-refractivity contribution in [1.82, 2.24) is 0 Å². The van der Waals surface area contributed by atoms with Crippen LogP contribution in [0.5, 0.6) is 17.2 Å². The summed E-state index contributed by atoms with van der Waals surface area (Å²) in [6.45, 7) is 2.07. The molecule has 180 valence electrons. The number of Topliss-reactive ketones (excluding diaryl/α,β-unsaturated/α-hetero) is 1. The second-order valence-corrected chi connectivity index (χ2v) is 9.04. The zero-order valence-electron chi connectivity index (χ0n) is 20.5. The molecule has 0 spiro atoms. The quantitative estimate of drug-likeness (QED) is 0.477. The van der Waals surface area contributed by atoms with Gasteiger partial charge in [-0.25, -0.2) is 0 Å². The monoisotopic (exact) mass is 470 g/mol. The number of hydrogen-bond acceptors (Lipinski definition) is 6. The van der Waals surface area contributed by atoms with E-state index in [2.05, 4.69) is 41.8 Å². The highest BCUT2D eigenvalue weighted by molar-refractivity contribution is 6.01. The van der Waals surface area contributed by atoms with Gasteiger partial charge in [-0.3, -0.25) is 4.79 Å². The highest BCUT2D eigenvalue weighted by Gasteiger charge is 2.36. The molecule has 0 saturated carbocycles. The number of benzene rings is 3.